The van der Waals surface area contributed by atoms with Gasteiger partial charge in [-0.15, -0.1) is 0 Å². The standard InChI is InChI=1S/C15H31N3O/c1-3-16-15(18-11-13(2)12-19)17-10-6-9-14-7-4-5-8-14/h13-14,19H,3-12H2,1-2H3,(H2,16,17,18). The second-order valence-corrected chi connectivity index (χ2v) is 5.73. The van der Waals surface area contributed by atoms with Crippen molar-refractivity contribution in [1.29, 1.82) is 0 Å². The zero-order valence-corrected chi connectivity index (χ0v) is 12.6. The van der Waals surface area contributed by atoms with Gasteiger partial charge in [-0.1, -0.05) is 32.6 Å². The molecule has 0 saturated heterocycles. The minimum absolute atomic E-state index is 0.199. The zero-order chi connectivity index (χ0) is 13.9. The van der Waals surface area contributed by atoms with Crippen LogP contribution in [0.3, 0.4) is 0 Å². The van der Waals surface area contributed by atoms with Gasteiger partial charge in [-0.2, -0.15) is 0 Å². The quantitative estimate of drug-likeness (QED) is 0.359. The third kappa shape index (κ3) is 7.41. The summed E-state index contributed by atoms with van der Waals surface area (Å²) in [6.45, 7) is 6.83. The monoisotopic (exact) mass is 269 g/mol. The molecule has 1 atom stereocenters. The number of nitrogens with one attached hydrogen (secondary N) is 2. The van der Waals surface area contributed by atoms with E-state index in [2.05, 4.69) is 22.5 Å². The molecular formula is C15H31N3O. The average Bonchev–Trinajstić information content (AvgIpc) is 2.93. The molecule has 3 N–H and O–H groups in total. The molecular weight excluding hydrogens is 238 g/mol. The van der Waals surface area contributed by atoms with Gasteiger partial charge < -0.3 is 15.7 Å². The highest BCUT2D eigenvalue weighted by Crippen LogP contribution is 2.28. The Balaban J connectivity index is 2.16. The van der Waals surface area contributed by atoms with Gasteiger partial charge in [-0.05, 0) is 31.6 Å². The van der Waals surface area contributed by atoms with Crippen LogP contribution in [0, 0.1) is 11.8 Å². The van der Waals surface area contributed by atoms with E-state index in [-0.39, 0.29) is 12.5 Å². The largest absolute Gasteiger partial charge is 0.396 e. The van der Waals surface area contributed by atoms with Crippen molar-refractivity contribution in [3.8, 4) is 0 Å². The van der Waals surface area contributed by atoms with Crippen molar-refractivity contribution >= 4 is 5.96 Å². The summed E-state index contributed by atoms with van der Waals surface area (Å²) in [4.78, 5) is 4.49. The predicted molar refractivity (Wildman–Crippen MR) is 81.4 cm³/mol. The number of aliphatic hydroxyl groups is 1. The Bertz CT molecular complexity index is 250. The van der Waals surface area contributed by atoms with Gasteiger partial charge in [-0.3, -0.25) is 4.99 Å². The van der Waals surface area contributed by atoms with Gasteiger partial charge in [0, 0.05) is 26.2 Å². The Labute approximate surface area is 118 Å². The lowest BCUT2D eigenvalue weighted by Gasteiger charge is -2.13. The van der Waals surface area contributed by atoms with Gasteiger partial charge in [0.15, 0.2) is 5.96 Å². The average molecular weight is 269 g/mol. The first-order valence-corrected chi connectivity index (χ1v) is 7.89. The fraction of sp³-hybridized carbons (Fsp3) is 0.933. The van der Waals surface area contributed by atoms with Crippen LogP contribution >= 0.6 is 0 Å². The van der Waals surface area contributed by atoms with Gasteiger partial charge in [0.1, 0.15) is 0 Å². The van der Waals surface area contributed by atoms with E-state index >= 15 is 0 Å². The molecule has 0 heterocycles. The van der Waals surface area contributed by atoms with Gasteiger partial charge in [0.05, 0.1) is 0 Å². The maximum absolute atomic E-state index is 9.00. The highest BCUT2D eigenvalue weighted by molar-refractivity contribution is 5.79. The van der Waals surface area contributed by atoms with Crippen LogP contribution in [0.15, 0.2) is 4.99 Å². The maximum atomic E-state index is 9.00. The van der Waals surface area contributed by atoms with Crippen molar-refractivity contribution in [2.45, 2.75) is 52.4 Å². The number of guanidine groups is 1. The van der Waals surface area contributed by atoms with Crippen molar-refractivity contribution < 1.29 is 5.11 Å². The highest BCUT2D eigenvalue weighted by Gasteiger charge is 2.13. The third-order valence-corrected chi connectivity index (χ3v) is 3.77. The predicted octanol–water partition coefficient (Wildman–Crippen LogP) is 2.14. The van der Waals surface area contributed by atoms with E-state index < -0.39 is 0 Å². The molecule has 0 amide bonds. The Hall–Kier alpha value is -0.770. The highest BCUT2D eigenvalue weighted by atomic mass is 16.3. The molecule has 19 heavy (non-hydrogen) atoms. The Kier molecular flexibility index (Phi) is 8.63. The van der Waals surface area contributed by atoms with Gasteiger partial charge >= 0.3 is 0 Å². The van der Waals surface area contributed by atoms with E-state index in [9.17, 15) is 0 Å². The minimum Gasteiger partial charge on any atom is -0.396 e. The summed E-state index contributed by atoms with van der Waals surface area (Å²) in [5, 5.41) is 15.6. The van der Waals surface area contributed by atoms with Gasteiger partial charge in [-0.25, -0.2) is 0 Å². The van der Waals surface area contributed by atoms with E-state index in [1.165, 1.54) is 38.5 Å². The van der Waals surface area contributed by atoms with Crippen LogP contribution in [0.5, 0.6) is 0 Å². The summed E-state index contributed by atoms with van der Waals surface area (Å²) in [5.74, 6) is 2.08. The molecule has 1 saturated carbocycles. The summed E-state index contributed by atoms with van der Waals surface area (Å²) in [7, 11) is 0. The van der Waals surface area contributed by atoms with Crippen molar-refractivity contribution in [3.63, 3.8) is 0 Å². The topological polar surface area (TPSA) is 56.7 Å². The van der Waals surface area contributed by atoms with E-state index in [1.807, 2.05) is 6.92 Å². The molecule has 1 unspecified atom stereocenters. The number of hydrogen-bond donors (Lipinski definition) is 3. The first kappa shape index (κ1) is 16.3. The van der Waals surface area contributed by atoms with Crippen LogP contribution in [0.2, 0.25) is 0 Å². The molecule has 1 fully saturated rings. The van der Waals surface area contributed by atoms with E-state index in [1.54, 1.807) is 0 Å². The summed E-state index contributed by atoms with van der Waals surface area (Å²) >= 11 is 0. The number of hydrogen-bond acceptors (Lipinski definition) is 2. The van der Waals surface area contributed by atoms with Crippen molar-refractivity contribution in [2.24, 2.45) is 16.8 Å². The first-order valence-electron chi connectivity index (χ1n) is 7.89. The zero-order valence-electron chi connectivity index (χ0n) is 12.6. The van der Waals surface area contributed by atoms with E-state index in [0.717, 1.165) is 25.0 Å². The second kappa shape index (κ2) is 10.1. The van der Waals surface area contributed by atoms with Crippen LogP contribution in [0.4, 0.5) is 0 Å². The fourth-order valence-electron chi connectivity index (χ4n) is 2.54. The van der Waals surface area contributed by atoms with Crippen LogP contribution in [0.25, 0.3) is 0 Å². The fourth-order valence-corrected chi connectivity index (χ4v) is 2.54. The molecule has 1 aliphatic rings. The molecule has 4 heteroatoms. The number of nitrogens with zero attached hydrogens (tertiary/aromatic N) is 1. The van der Waals surface area contributed by atoms with Crippen LogP contribution < -0.4 is 10.6 Å². The lowest BCUT2D eigenvalue weighted by molar-refractivity contribution is 0.241. The van der Waals surface area contributed by atoms with Gasteiger partial charge in [0.25, 0.3) is 0 Å². The SMILES string of the molecule is CCNC(=NCC(C)CO)NCCCC1CCCC1. The number of aliphatic imine (C=N–C) groups is 1. The van der Waals surface area contributed by atoms with Crippen LogP contribution in [0.1, 0.15) is 52.4 Å². The smallest absolute Gasteiger partial charge is 0.191 e. The molecule has 0 aromatic rings. The summed E-state index contributed by atoms with van der Waals surface area (Å²) in [5.41, 5.74) is 0. The van der Waals surface area contributed by atoms with Gasteiger partial charge in [0.2, 0.25) is 0 Å². The van der Waals surface area contributed by atoms with E-state index in [0.29, 0.717) is 6.54 Å². The van der Waals surface area contributed by atoms with Crippen molar-refractivity contribution in [2.75, 3.05) is 26.2 Å². The van der Waals surface area contributed by atoms with Crippen LogP contribution in [-0.4, -0.2) is 37.3 Å². The number of aliphatic hydroxyl groups excluding tert-OH is 1. The van der Waals surface area contributed by atoms with Crippen LogP contribution in [-0.2, 0) is 0 Å². The normalized spacial score (nSPS) is 18.6. The number of rotatable bonds is 8. The second-order valence-electron chi connectivity index (χ2n) is 5.73. The molecule has 0 bridgehead atoms. The van der Waals surface area contributed by atoms with Crippen molar-refractivity contribution in [1.82, 2.24) is 10.6 Å². The minimum atomic E-state index is 0.199. The molecule has 112 valence electrons. The molecule has 0 aromatic heterocycles. The molecule has 1 rings (SSSR count). The Morgan fingerprint density at radius 3 is 2.68 bits per heavy atom. The first-order chi connectivity index (χ1) is 9.26. The summed E-state index contributed by atoms with van der Waals surface area (Å²) in [6.07, 6.45) is 8.30. The Morgan fingerprint density at radius 2 is 2.05 bits per heavy atom. The lowest BCUT2D eigenvalue weighted by atomic mass is 10.0. The van der Waals surface area contributed by atoms with Crippen molar-refractivity contribution in [3.05, 3.63) is 0 Å². The van der Waals surface area contributed by atoms with E-state index in [4.69, 9.17) is 5.11 Å². The molecule has 1 aliphatic carbocycles. The molecule has 0 spiro atoms. The maximum Gasteiger partial charge on any atom is 0.191 e. The molecule has 4 nitrogen and oxygen atoms in total. The Morgan fingerprint density at radius 1 is 1.32 bits per heavy atom. The molecule has 0 aromatic carbocycles. The lowest BCUT2D eigenvalue weighted by Crippen LogP contribution is -2.38. The molecule has 0 aliphatic heterocycles. The summed E-state index contributed by atoms with van der Waals surface area (Å²) < 4.78 is 0. The summed E-state index contributed by atoms with van der Waals surface area (Å²) in [6, 6.07) is 0. The molecule has 0 radical (unpaired) electrons. The third-order valence-electron chi connectivity index (χ3n) is 3.77.